The lowest BCUT2D eigenvalue weighted by Crippen LogP contribution is -2.26. The predicted octanol–water partition coefficient (Wildman–Crippen LogP) is 2.17. The van der Waals surface area contributed by atoms with Gasteiger partial charge in [0.1, 0.15) is 0 Å². The molecule has 0 radical (unpaired) electrons. The van der Waals surface area contributed by atoms with Gasteiger partial charge in [0.15, 0.2) is 0 Å². The van der Waals surface area contributed by atoms with Crippen LogP contribution >= 0.6 is 0 Å². The first-order valence-electron chi connectivity index (χ1n) is 9.46. The van der Waals surface area contributed by atoms with Gasteiger partial charge in [-0.05, 0) is 43.0 Å². The van der Waals surface area contributed by atoms with E-state index in [0.29, 0.717) is 11.3 Å². The van der Waals surface area contributed by atoms with Crippen molar-refractivity contribution in [1.29, 1.82) is 0 Å². The zero-order valence-electron chi connectivity index (χ0n) is 15.5. The van der Waals surface area contributed by atoms with Crippen LogP contribution in [0, 0.1) is 0 Å². The highest BCUT2D eigenvalue weighted by Gasteiger charge is 2.27. The molecule has 0 spiro atoms. The van der Waals surface area contributed by atoms with Crippen molar-refractivity contribution >= 4 is 33.0 Å². The minimum Gasteiger partial charge on any atom is -0.306 e. The molecule has 2 aromatic carbocycles. The fourth-order valence-corrected chi connectivity index (χ4v) is 5.03. The van der Waals surface area contributed by atoms with Gasteiger partial charge in [0.2, 0.25) is 0 Å². The zero-order valence-corrected chi connectivity index (χ0v) is 16.3. The third-order valence-electron chi connectivity index (χ3n) is 5.44. The molecule has 0 amide bonds. The molecule has 5 rings (SSSR count). The highest BCUT2D eigenvalue weighted by molar-refractivity contribution is 7.90. The van der Waals surface area contributed by atoms with Crippen LogP contribution in [0.15, 0.2) is 61.7 Å². The van der Waals surface area contributed by atoms with E-state index in [1.54, 1.807) is 30.5 Å². The molecule has 2 heterocycles. The van der Waals surface area contributed by atoms with Crippen molar-refractivity contribution < 1.29 is 8.42 Å². The van der Waals surface area contributed by atoms with Crippen LogP contribution in [0.5, 0.6) is 0 Å². The van der Waals surface area contributed by atoms with Crippen molar-refractivity contribution in [2.75, 3.05) is 6.54 Å². The molecule has 8 nitrogen and oxygen atoms in total. The van der Waals surface area contributed by atoms with Gasteiger partial charge in [-0.25, -0.2) is 4.79 Å². The van der Waals surface area contributed by atoms with E-state index < -0.39 is 10.0 Å². The quantitative estimate of drug-likeness (QED) is 0.497. The van der Waals surface area contributed by atoms with Gasteiger partial charge >= 0.3 is 5.69 Å². The molecular weight excluding hydrogens is 390 g/mol. The maximum absolute atomic E-state index is 12.2. The first-order valence-corrected chi connectivity index (χ1v) is 10.9. The summed E-state index contributed by atoms with van der Waals surface area (Å²) < 4.78 is 29.8. The smallest absolute Gasteiger partial charge is 0.306 e. The van der Waals surface area contributed by atoms with Gasteiger partial charge in [-0.3, -0.25) is 4.57 Å². The number of hydrazone groups is 1. The van der Waals surface area contributed by atoms with Crippen LogP contribution in [0.1, 0.15) is 36.4 Å². The summed E-state index contributed by atoms with van der Waals surface area (Å²) in [6.45, 7) is 0.200. The molecule has 1 saturated carbocycles. The van der Waals surface area contributed by atoms with Gasteiger partial charge in [-0.1, -0.05) is 24.3 Å². The lowest BCUT2D eigenvalue weighted by atomic mass is 9.93. The van der Waals surface area contributed by atoms with Gasteiger partial charge in [0, 0.05) is 11.6 Å². The summed E-state index contributed by atoms with van der Waals surface area (Å²) in [5.74, 6) is 0. The Morgan fingerprint density at radius 1 is 1.24 bits per heavy atom. The summed E-state index contributed by atoms with van der Waals surface area (Å²) in [6.07, 6.45) is 4.86. The van der Waals surface area contributed by atoms with Crippen LogP contribution < -0.4 is 11.1 Å². The van der Waals surface area contributed by atoms with Gasteiger partial charge in [0.05, 0.1) is 34.4 Å². The minimum absolute atomic E-state index is 0.0731. The van der Waals surface area contributed by atoms with Crippen LogP contribution in [0.4, 0.5) is 0 Å². The third-order valence-corrected chi connectivity index (χ3v) is 6.81. The number of fused-ring (bicyclic) bond motifs is 2. The molecular formula is C20H19N5O3S. The SMILES string of the molecule is O=c1[nH]c2ccc(/C=N/NCC3=NS(=O)(=O)c4ccccc43)cc2n1C1CCC1. The van der Waals surface area contributed by atoms with Crippen LogP contribution in [-0.2, 0) is 10.0 Å². The van der Waals surface area contributed by atoms with Crippen molar-refractivity contribution in [3.63, 3.8) is 0 Å². The summed E-state index contributed by atoms with van der Waals surface area (Å²) in [7, 11) is -3.62. The van der Waals surface area contributed by atoms with Gasteiger partial charge in [-0.2, -0.15) is 17.9 Å². The van der Waals surface area contributed by atoms with Gasteiger partial charge < -0.3 is 10.4 Å². The van der Waals surface area contributed by atoms with E-state index >= 15 is 0 Å². The summed E-state index contributed by atoms with van der Waals surface area (Å²) >= 11 is 0. The summed E-state index contributed by atoms with van der Waals surface area (Å²) in [5, 5.41) is 4.20. The molecule has 9 heteroatoms. The van der Waals surface area contributed by atoms with E-state index in [0.717, 1.165) is 35.9 Å². The average molecular weight is 409 g/mol. The Morgan fingerprint density at radius 3 is 2.86 bits per heavy atom. The summed E-state index contributed by atoms with van der Waals surface area (Å²) in [4.78, 5) is 15.4. The van der Waals surface area contributed by atoms with Crippen molar-refractivity contribution in [2.45, 2.75) is 30.2 Å². The number of sulfonamides is 1. The van der Waals surface area contributed by atoms with Gasteiger partial charge in [-0.15, -0.1) is 0 Å². The predicted molar refractivity (Wildman–Crippen MR) is 111 cm³/mol. The van der Waals surface area contributed by atoms with E-state index in [1.807, 2.05) is 22.8 Å². The molecule has 3 aromatic rings. The Morgan fingerprint density at radius 2 is 2.07 bits per heavy atom. The highest BCUT2D eigenvalue weighted by atomic mass is 32.2. The Kier molecular flexibility index (Phi) is 4.13. The van der Waals surface area contributed by atoms with Crippen LogP contribution in [0.2, 0.25) is 0 Å². The topological polar surface area (TPSA) is 109 Å². The lowest BCUT2D eigenvalue weighted by Gasteiger charge is -2.26. The molecule has 1 aliphatic heterocycles. The number of hydrogen-bond donors (Lipinski definition) is 2. The largest absolute Gasteiger partial charge is 0.326 e. The van der Waals surface area contributed by atoms with Crippen molar-refractivity contribution in [3.8, 4) is 0 Å². The number of nitrogens with one attached hydrogen (secondary N) is 2. The number of benzene rings is 2. The highest BCUT2D eigenvalue weighted by Crippen LogP contribution is 2.32. The molecule has 148 valence electrons. The van der Waals surface area contributed by atoms with Crippen LogP contribution in [0.25, 0.3) is 11.0 Å². The van der Waals surface area contributed by atoms with E-state index in [1.165, 1.54) is 0 Å². The number of hydrogen-bond acceptors (Lipinski definition) is 5. The zero-order chi connectivity index (χ0) is 20.0. The second-order valence-corrected chi connectivity index (χ2v) is 8.84. The standard InChI is InChI=1S/C20H19N5O3S/c26-20-23-16-9-8-13(10-18(16)25(20)14-4-3-5-14)11-21-22-12-17-15-6-1-2-7-19(15)29(27,28)24-17/h1-2,6-11,14,22H,3-5,12H2,(H,23,26)/b21-11+. The fourth-order valence-electron chi connectivity index (χ4n) is 3.77. The number of rotatable bonds is 5. The summed E-state index contributed by atoms with van der Waals surface area (Å²) in [5.41, 5.74) is 6.38. The molecule has 29 heavy (non-hydrogen) atoms. The molecule has 2 N–H and O–H groups in total. The normalized spacial score (nSPS) is 18.0. The maximum atomic E-state index is 12.2. The molecule has 1 fully saturated rings. The average Bonchev–Trinajstić information content (AvgIpc) is 3.12. The lowest BCUT2D eigenvalue weighted by molar-refractivity contribution is 0.314. The molecule has 0 bridgehead atoms. The monoisotopic (exact) mass is 409 g/mol. The van der Waals surface area contributed by atoms with E-state index in [-0.39, 0.29) is 23.2 Å². The first-order chi connectivity index (χ1) is 14.0. The van der Waals surface area contributed by atoms with E-state index in [9.17, 15) is 13.2 Å². The maximum Gasteiger partial charge on any atom is 0.326 e. The molecule has 0 unspecified atom stereocenters. The molecule has 2 aliphatic rings. The number of H-pyrrole nitrogens is 1. The summed E-state index contributed by atoms with van der Waals surface area (Å²) in [6, 6.07) is 12.7. The van der Waals surface area contributed by atoms with E-state index in [2.05, 4.69) is 19.9 Å². The second kappa shape index (κ2) is 6.70. The number of nitrogens with zero attached hydrogens (tertiary/aromatic N) is 3. The fraction of sp³-hybridized carbons (Fsp3) is 0.250. The molecule has 1 aromatic heterocycles. The Bertz CT molecular complexity index is 1330. The number of aromatic amines is 1. The Hall–Kier alpha value is -3.20. The Balaban J connectivity index is 1.34. The minimum atomic E-state index is -3.62. The van der Waals surface area contributed by atoms with Crippen LogP contribution in [-0.4, -0.2) is 36.4 Å². The van der Waals surface area contributed by atoms with Crippen molar-refractivity contribution in [2.24, 2.45) is 9.50 Å². The van der Waals surface area contributed by atoms with Gasteiger partial charge in [0.25, 0.3) is 10.0 Å². The number of aromatic nitrogens is 2. The van der Waals surface area contributed by atoms with Crippen molar-refractivity contribution in [1.82, 2.24) is 15.0 Å². The van der Waals surface area contributed by atoms with E-state index in [4.69, 9.17) is 0 Å². The Labute approximate surface area is 167 Å². The molecule has 0 atom stereocenters. The number of imidazole rings is 1. The molecule has 0 saturated heterocycles. The first kappa shape index (κ1) is 17.9. The van der Waals surface area contributed by atoms with Crippen LogP contribution in [0.3, 0.4) is 0 Å². The molecule has 1 aliphatic carbocycles. The van der Waals surface area contributed by atoms with Crippen molar-refractivity contribution in [3.05, 3.63) is 64.1 Å². The third kappa shape index (κ3) is 3.07. The second-order valence-electron chi connectivity index (χ2n) is 7.26.